The number of cyclic esters (lactones) is 1. The Labute approximate surface area is 70.1 Å². The summed E-state index contributed by atoms with van der Waals surface area (Å²) in [7, 11) is 3.57. The molecule has 0 amide bonds. The van der Waals surface area contributed by atoms with Crippen molar-refractivity contribution in [3.63, 3.8) is 0 Å². The van der Waals surface area contributed by atoms with Gasteiger partial charge in [-0.1, -0.05) is 0 Å². The Hall–Kier alpha value is -1.58. The number of rotatable bonds is 2. The van der Waals surface area contributed by atoms with Crippen molar-refractivity contribution < 1.29 is 14.3 Å². The summed E-state index contributed by atoms with van der Waals surface area (Å²) in [5.74, 6) is -0.418. The molecule has 1 aliphatic rings. The molecule has 0 radical (unpaired) electrons. The first-order chi connectivity index (χ1) is 5.63. The molecule has 0 unspecified atom stereocenters. The van der Waals surface area contributed by atoms with Crippen LogP contribution in [0.1, 0.15) is 0 Å². The van der Waals surface area contributed by atoms with Gasteiger partial charge in [0, 0.05) is 26.4 Å². The Morgan fingerprint density at radius 1 is 1.50 bits per heavy atom. The van der Waals surface area contributed by atoms with Crippen molar-refractivity contribution in [2.24, 2.45) is 0 Å². The second-order valence-corrected chi connectivity index (χ2v) is 2.60. The number of carbonyl (C=O) groups is 2. The van der Waals surface area contributed by atoms with Gasteiger partial charge in [0.05, 0.1) is 5.57 Å². The minimum absolute atomic E-state index is 0.0631. The SMILES string of the molecule is CN(C)/C=C1\C=C(C=O)OC1=O. The zero-order valence-electron chi connectivity index (χ0n) is 6.90. The molecule has 0 N–H and O–H groups in total. The van der Waals surface area contributed by atoms with Gasteiger partial charge in [-0.25, -0.2) is 4.79 Å². The van der Waals surface area contributed by atoms with Crippen LogP contribution in [0.2, 0.25) is 0 Å². The van der Waals surface area contributed by atoms with E-state index >= 15 is 0 Å². The normalized spacial score (nSPS) is 19.0. The van der Waals surface area contributed by atoms with E-state index in [1.54, 1.807) is 25.2 Å². The highest BCUT2D eigenvalue weighted by Gasteiger charge is 2.19. The number of carbonyl (C=O) groups excluding carboxylic acids is 2. The third kappa shape index (κ3) is 1.72. The lowest BCUT2D eigenvalue weighted by molar-refractivity contribution is -0.135. The van der Waals surface area contributed by atoms with Crippen molar-refractivity contribution in [2.75, 3.05) is 14.1 Å². The predicted octanol–water partition coefficient (Wildman–Crippen LogP) is 0.0715. The average Bonchev–Trinajstić information content (AvgIpc) is 2.31. The lowest BCUT2D eigenvalue weighted by Gasteiger charge is -2.03. The smallest absolute Gasteiger partial charge is 0.345 e. The Kier molecular flexibility index (Phi) is 2.28. The van der Waals surface area contributed by atoms with E-state index in [4.69, 9.17) is 0 Å². The highest BCUT2D eigenvalue weighted by Crippen LogP contribution is 2.14. The summed E-state index contributed by atoms with van der Waals surface area (Å²) in [6.45, 7) is 0. The van der Waals surface area contributed by atoms with E-state index in [2.05, 4.69) is 4.74 Å². The van der Waals surface area contributed by atoms with Crippen LogP contribution in [0.5, 0.6) is 0 Å². The molecular formula is C8H9NO3. The molecule has 64 valence electrons. The summed E-state index contributed by atoms with van der Waals surface area (Å²) in [4.78, 5) is 22.9. The van der Waals surface area contributed by atoms with Gasteiger partial charge >= 0.3 is 5.97 Å². The van der Waals surface area contributed by atoms with Crippen LogP contribution >= 0.6 is 0 Å². The third-order valence-corrected chi connectivity index (χ3v) is 1.26. The Morgan fingerprint density at radius 3 is 2.58 bits per heavy atom. The Bertz CT molecular complexity index is 276. The summed E-state index contributed by atoms with van der Waals surface area (Å²) < 4.78 is 4.58. The van der Waals surface area contributed by atoms with Crippen molar-refractivity contribution in [3.8, 4) is 0 Å². The van der Waals surface area contributed by atoms with Crippen LogP contribution in [0, 0.1) is 0 Å². The molecule has 1 rings (SSSR count). The second-order valence-electron chi connectivity index (χ2n) is 2.60. The van der Waals surface area contributed by atoms with E-state index in [0.29, 0.717) is 11.9 Å². The summed E-state index contributed by atoms with van der Waals surface area (Å²) in [5.41, 5.74) is 0.391. The standard InChI is InChI=1S/C8H9NO3/c1-9(2)4-6-3-7(5-10)12-8(6)11/h3-5H,1-2H3/b6-4+. The minimum atomic E-state index is -0.481. The van der Waals surface area contributed by atoms with Crippen LogP contribution in [0.15, 0.2) is 23.6 Å². The average molecular weight is 167 g/mol. The molecule has 0 aromatic heterocycles. The molecule has 0 bridgehead atoms. The molecule has 12 heavy (non-hydrogen) atoms. The molecule has 4 heteroatoms. The van der Waals surface area contributed by atoms with E-state index in [9.17, 15) is 9.59 Å². The van der Waals surface area contributed by atoms with E-state index in [1.807, 2.05) is 0 Å². The topological polar surface area (TPSA) is 46.6 Å². The number of aldehydes is 1. The molecule has 1 aliphatic heterocycles. The fraction of sp³-hybridized carbons (Fsp3) is 0.250. The van der Waals surface area contributed by atoms with E-state index < -0.39 is 5.97 Å². The van der Waals surface area contributed by atoms with Crippen molar-refractivity contribution in [1.82, 2.24) is 4.90 Å². The molecule has 4 nitrogen and oxygen atoms in total. The second kappa shape index (κ2) is 3.21. The zero-order chi connectivity index (χ0) is 9.14. The molecule has 0 saturated carbocycles. The molecule has 0 aromatic rings. The van der Waals surface area contributed by atoms with Gasteiger partial charge in [0.15, 0.2) is 12.0 Å². The van der Waals surface area contributed by atoms with Crippen LogP contribution in [-0.2, 0) is 14.3 Å². The lowest BCUT2D eigenvalue weighted by atomic mass is 10.3. The van der Waals surface area contributed by atoms with Crippen LogP contribution in [0.25, 0.3) is 0 Å². The third-order valence-electron chi connectivity index (χ3n) is 1.26. The monoisotopic (exact) mass is 167 g/mol. The van der Waals surface area contributed by atoms with E-state index in [0.717, 1.165) is 0 Å². The maximum absolute atomic E-state index is 11.0. The van der Waals surface area contributed by atoms with E-state index in [-0.39, 0.29) is 5.76 Å². The van der Waals surface area contributed by atoms with Crippen LogP contribution in [0.3, 0.4) is 0 Å². The van der Waals surface area contributed by atoms with Gasteiger partial charge in [0.25, 0.3) is 0 Å². The zero-order valence-corrected chi connectivity index (χ0v) is 6.90. The molecule has 0 aliphatic carbocycles. The van der Waals surface area contributed by atoms with Gasteiger partial charge in [0.2, 0.25) is 0 Å². The number of nitrogens with zero attached hydrogens (tertiary/aromatic N) is 1. The molecule has 0 fully saturated rings. The van der Waals surface area contributed by atoms with Gasteiger partial charge in [-0.15, -0.1) is 0 Å². The summed E-state index contributed by atoms with van der Waals surface area (Å²) >= 11 is 0. The number of hydrogen-bond donors (Lipinski definition) is 0. The Morgan fingerprint density at radius 2 is 2.17 bits per heavy atom. The number of allylic oxidation sites excluding steroid dienone is 1. The molecule has 1 heterocycles. The number of esters is 1. The van der Waals surface area contributed by atoms with Crippen molar-refractivity contribution >= 4 is 12.3 Å². The van der Waals surface area contributed by atoms with E-state index in [1.165, 1.54) is 6.08 Å². The molecule has 0 spiro atoms. The first kappa shape index (κ1) is 8.52. The molecule has 0 atom stereocenters. The largest absolute Gasteiger partial charge is 0.419 e. The Balaban J connectivity index is 2.86. The highest BCUT2D eigenvalue weighted by atomic mass is 16.5. The summed E-state index contributed by atoms with van der Waals surface area (Å²) in [6, 6.07) is 0. The lowest BCUT2D eigenvalue weighted by Crippen LogP contribution is -2.06. The predicted molar refractivity (Wildman–Crippen MR) is 42.0 cm³/mol. The fourth-order valence-electron chi connectivity index (χ4n) is 0.834. The quantitative estimate of drug-likeness (QED) is 0.332. The fourth-order valence-corrected chi connectivity index (χ4v) is 0.834. The highest BCUT2D eigenvalue weighted by molar-refractivity contribution is 5.99. The van der Waals surface area contributed by atoms with Crippen molar-refractivity contribution in [1.29, 1.82) is 0 Å². The van der Waals surface area contributed by atoms with Gasteiger partial charge in [0.1, 0.15) is 0 Å². The molecule has 0 saturated heterocycles. The van der Waals surface area contributed by atoms with Crippen molar-refractivity contribution in [3.05, 3.63) is 23.6 Å². The maximum atomic E-state index is 11.0. The summed E-state index contributed by atoms with van der Waals surface area (Å²) in [5, 5.41) is 0. The maximum Gasteiger partial charge on any atom is 0.345 e. The molecular weight excluding hydrogens is 158 g/mol. The van der Waals surface area contributed by atoms with Gasteiger partial charge < -0.3 is 9.64 Å². The first-order valence-corrected chi connectivity index (χ1v) is 3.41. The minimum Gasteiger partial charge on any atom is -0.419 e. The van der Waals surface area contributed by atoms with Crippen LogP contribution < -0.4 is 0 Å². The first-order valence-electron chi connectivity index (χ1n) is 3.41. The van der Waals surface area contributed by atoms with Crippen LogP contribution in [0.4, 0.5) is 0 Å². The van der Waals surface area contributed by atoms with Gasteiger partial charge in [-0.05, 0) is 0 Å². The summed E-state index contributed by atoms with van der Waals surface area (Å²) in [6.07, 6.45) is 3.52. The number of ether oxygens (including phenoxy) is 1. The van der Waals surface area contributed by atoms with Gasteiger partial charge in [-0.3, -0.25) is 4.79 Å². The van der Waals surface area contributed by atoms with Crippen LogP contribution in [-0.4, -0.2) is 31.3 Å². The van der Waals surface area contributed by atoms with Gasteiger partial charge in [-0.2, -0.15) is 0 Å². The number of hydrogen-bond acceptors (Lipinski definition) is 4. The molecule has 0 aromatic carbocycles. The van der Waals surface area contributed by atoms with Crippen molar-refractivity contribution in [2.45, 2.75) is 0 Å².